The summed E-state index contributed by atoms with van der Waals surface area (Å²) in [6.07, 6.45) is 4.47. The maximum Gasteiger partial charge on any atom is 0.237 e. The van der Waals surface area contributed by atoms with Crippen LogP contribution in [0.25, 0.3) is 0 Å². The third kappa shape index (κ3) is 1.77. The van der Waals surface area contributed by atoms with Gasteiger partial charge in [-0.25, -0.2) is 9.97 Å². The molecule has 1 unspecified atom stereocenters. The Morgan fingerprint density at radius 2 is 2.13 bits per heavy atom. The zero-order valence-electron chi connectivity index (χ0n) is 8.08. The summed E-state index contributed by atoms with van der Waals surface area (Å²) >= 11 is 0. The predicted molar refractivity (Wildman–Crippen MR) is 51.0 cm³/mol. The molecule has 2 aromatic heterocycles. The molecule has 0 aliphatic heterocycles. The third-order valence-electron chi connectivity index (χ3n) is 1.91. The smallest absolute Gasteiger partial charge is 0.237 e. The van der Waals surface area contributed by atoms with Crippen LogP contribution >= 0.6 is 0 Å². The van der Waals surface area contributed by atoms with Gasteiger partial charge in [0.2, 0.25) is 5.88 Å². The summed E-state index contributed by atoms with van der Waals surface area (Å²) < 4.78 is 5.05. The highest BCUT2D eigenvalue weighted by Gasteiger charge is 2.18. The molecule has 0 amide bonds. The first kappa shape index (κ1) is 9.53. The summed E-state index contributed by atoms with van der Waals surface area (Å²) in [6, 6.07) is -0.517. The number of H-pyrrole nitrogens is 1. The molecule has 3 N–H and O–H groups in total. The van der Waals surface area contributed by atoms with Crippen LogP contribution in [0.3, 0.4) is 0 Å². The molecule has 2 heterocycles. The maximum absolute atomic E-state index is 5.92. The van der Waals surface area contributed by atoms with Crippen LogP contribution in [-0.2, 0) is 0 Å². The van der Waals surface area contributed by atoms with E-state index in [1.807, 2.05) is 0 Å². The summed E-state index contributed by atoms with van der Waals surface area (Å²) in [7, 11) is 1.51. The fourth-order valence-electron chi connectivity index (χ4n) is 1.20. The minimum atomic E-state index is -0.517. The van der Waals surface area contributed by atoms with Crippen molar-refractivity contribution < 1.29 is 4.74 Å². The standard InChI is InChI=1S/C8H10N6O/c1-15-8-6(10-2-3-11-8)5(9)7-12-4-13-14-7/h2-5H,9H2,1H3,(H,12,13,14). The van der Waals surface area contributed by atoms with Gasteiger partial charge >= 0.3 is 0 Å². The molecule has 0 bridgehead atoms. The van der Waals surface area contributed by atoms with Crippen molar-refractivity contribution in [2.24, 2.45) is 5.73 Å². The predicted octanol–water partition coefficient (Wildman–Crippen LogP) is -0.349. The van der Waals surface area contributed by atoms with Crippen LogP contribution < -0.4 is 10.5 Å². The molecule has 0 spiro atoms. The zero-order valence-corrected chi connectivity index (χ0v) is 8.08. The first-order valence-electron chi connectivity index (χ1n) is 4.28. The summed E-state index contributed by atoms with van der Waals surface area (Å²) in [5.74, 6) is 0.912. The fraction of sp³-hybridized carbons (Fsp3) is 0.250. The Kier molecular flexibility index (Phi) is 2.55. The highest BCUT2D eigenvalue weighted by Crippen LogP contribution is 2.20. The molecule has 78 valence electrons. The molecule has 0 aliphatic rings. The van der Waals surface area contributed by atoms with Crippen molar-refractivity contribution in [2.45, 2.75) is 6.04 Å². The van der Waals surface area contributed by atoms with E-state index in [9.17, 15) is 0 Å². The number of aromatic amines is 1. The number of nitrogens with two attached hydrogens (primary N) is 1. The van der Waals surface area contributed by atoms with E-state index < -0.39 is 6.04 Å². The number of hydrogen-bond acceptors (Lipinski definition) is 6. The molecule has 7 heteroatoms. The molecular formula is C8H10N6O. The van der Waals surface area contributed by atoms with E-state index >= 15 is 0 Å². The number of aromatic nitrogens is 5. The largest absolute Gasteiger partial charge is 0.480 e. The monoisotopic (exact) mass is 206 g/mol. The Morgan fingerprint density at radius 1 is 1.33 bits per heavy atom. The van der Waals surface area contributed by atoms with Gasteiger partial charge in [0.1, 0.15) is 23.9 Å². The molecule has 7 nitrogen and oxygen atoms in total. The lowest BCUT2D eigenvalue weighted by molar-refractivity contribution is 0.386. The van der Waals surface area contributed by atoms with E-state index in [-0.39, 0.29) is 0 Å². The van der Waals surface area contributed by atoms with Crippen molar-refractivity contribution in [1.29, 1.82) is 0 Å². The van der Waals surface area contributed by atoms with Crippen LogP contribution in [0.5, 0.6) is 5.88 Å². The van der Waals surface area contributed by atoms with Gasteiger partial charge < -0.3 is 10.5 Å². The van der Waals surface area contributed by atoms with Gasteiger partial charge in [-0.1, -0.05) is 0 Å². The molecule has 2 aromatic rings. The molecule has 0 aliphatic carbocycles. The van der Waals surface area contributed by atoms with Crippen LogP contribution in [0.2, 0.25) is 0 Å². The number of rotatable bonds is 3. The Hall–Kier alpha value is -2.02. The van der Waals surface area contributed by atoms with Gasteiger partial charge in [0, 0.05) is 12.4 Å². The molecule has 0 saturated heterocycles. The van der Waals surface area contributed by atoms with E-state index in [0.29, 0.717) is 17.4 Å². The second-order valence-electron chi connectivity index (χ2n) is 2.80. The highest BCUT2D eigenvalue weighted by atomic mass is 16.5. The molecule has 0 aromatic carbocycles. The van der Waals surface area contributed by atoms with Crippen LogP contribution in [-0.4, -0.2) is 32.3 Å². The Labute approximate surface area is 85.7 Å². The van der Waals surface area contributed by atoms with Crippen molar-refractivity contribution in [3.05, 3.63) is 30.2 Å². The van der Waals surface area contributed by atoms with Gasteiger partial charge in [0.05, 0.1) is 7.11 Å². The molecule has 2 rings (SSSR count). The third-order valence-corrected chi connectivity index (χ3v) is 1.91. The first-order chi connectivity index (χ1) is 7.33. The van der Waals surface area contributed by atoms with E-state index in [0.717, 1.165) is 0 Å². The Bertz CT molecular complexity index is 428. The van der Waals surface area contributed by atoms with Crippen LogP contribution in [0, 0.1) is 0 Å². The molecule has 0 saturated carbocycles. The maximum atomic E-state index is 5.92. The minimum Gasteiger partial charge on any atom is -0.480 e. The SMILES string of the molecule is COc1nccnc1C(N)c1ncn[nH]1. The van der Waals surface area contributed by atoms with Gasteiger partial charge in [0.15, 0.2) is 0 Å². The summed E-state index contributed by atoms with van der Waals surface area (Å²) in [5.41, 5.74) is 6.45. The lowest BCUT2D eigenvalue weighted by Crippen LogP contribution is -2.16. The second kappa shape index (κ2) is 4.01. The van der Waals surface area contributed by atoms with Crippen molar-refractivity contribution in [1.82, 2.24) is 25.1 Å². The van der Waals surface area contributed by atoms with Crippen LogP contribution in [0.1, 0.15) is 17.6 Å². The van der Waals surface area contributed by atoms with Crippen molar-refractivity contribution in [3.8, 4) is 5.88 Å². The van der Waals surface area contributed by atoms with Gasteiger partial charge in [-0.3, -0.25) is 10.1 Å². The van der Waals surface area contributed by atoms with Gasteiger partial charge in [0.25, 0.3) is 0 Å². The van der Waals surface area contributed by atoms with Crippen LogP contribution in [0.4, 0.5) is 0 Å². The molecule has 15 heavy (non-hydrogen) atoms. The lowest BCUT2D eigenvalue weighted by Gasteiger charge is -2.10. The van der Waals surface area contributed by atoms with Gasteiger partial charge in [-0.2, -0.15) is 5.10 Å². The van der Waals surface area contributed by atoms with Crippen molar-refractivity contribution in [3.63, 3.8) is 0 Å². The quantitative estimate of drug-likeness (QED) is 0.711. The van der Waals surface area contributed by atoms with Gasteiger partial charge in [-0.05, 0) is 0 Å². The Morgan fingerprint density at radius 3 is 2.80 bits per heavy atom. The Balaban J connectivity index is 2.37. The molecule has 0 fully saturated rings. The molecular weight excluding hydrogens is 196 g/mol. The van der Waals surface area contributed by atoms with Gasteiger partial charge in [-0.15, -0.1) is 0 Å². The topological polar surface area (TPSA) is 103 Å². The summed E-state index contributed by atoms with van der Waals surface area (Å²) in [5, 5.41) is 6.40. The second-order valence-corrected chi connectivity index (χ2v) is 2.80. The molecule has 0 radical (unpaired) electrons. The van der Waals surface area contributed by atoms with Crippen molar-refractivity contribution >= 4 is 0 Å². The number of nitrogens with one attached hydrogen (secondary N) is 1. The first-order valence-corrected chi connectivity index (χ1v) is 4.28. The highest BCUT2D eigenvalue weighted by molar-refractivity contribution is 5.25. The average molecular weight is 206 g/mol. The number of ether oxygens (including phenoxy) is 1. The normalized spacial score (nSPS) is 12.4. The number of hydrogen-bond donors (Lipinski definition) is 2. The zero-order chi connectivity index (χ0) is 10.7. The van der Waals surface area contributed by atoms with Crippen molar-refractivity contribution in [2.75, 3.05) is 7.11 Å². The average Bonchev–Trinajstić information content (AvgIpc) is 2.81. The lowest BCUT2D eigenvalue weighted by atomic mass is 10.2. The summed E-state index contributed by atoms with van der Waals surface area (Å²) in [6.45, 7) is 0. The molecule has 1 atom stereocenters. The van der Waals surface area contributed by atoms with E-state index in [4.69, 9.17) is 10.5 Å². The number of methoxy groups -OCH3 is 1. The van der Waals surface area contributed by atoms with E-state index in [1.165, 1.54) is 19.6 Å². The van der Waals surface area contributed by atoms with E-state index in [2.05, 4.69) is 25.1 Å². The summed E-state index contributed by atoms with van der Waals surface area (Å²) in [4.78, 5) is 12.1. The fourth-order valence-corrected chi connectivity index (χ4v) is 1.20. The van der Waals surface area contributed by atoms with Crippen LogP contribution in [0.15, 0.2) is 18.7 Å². The minimum absolute atomic E-state index is 0.390. The number of nitrogens with zero attached hydrogens (tertiary/aromatic N) is 4. The van der Waals surface area contributed by atoms with E-state index in [1.54, 1.807) is 6.20 Å².